The molecule has 0 radical (unpaired) electrons. The first-order valence-corrected chi connectivity index (χ1v) is 7.94. The van der Waals surface area contributed by atoms with Gasteiger partial charge in [0, 0.05) is 49.7 Å². The third kappa shape index (κ3) is 4.38. The Morgan fingerprint density at radius 3 is 2.81 bits per heavy atom. The Morgan fingerprint density at radius 1 is 1.48 bits per heavy atom. The van der Waals surface area contributed by atoms with Crippen LogP contribution in [0.5, 0.6) is 0 Å². The third-order valence-electron chi connectivity index (χ3n) is 4.27. The number of likely N-dealkylation sites (tertiary alicyclic amines) is 1. The fraction of sp³-hybridized carbons (Fsp3) is 0.750. The molecule has 1 atom stereocenters. The summed E-state index contributed by atoms with van der Waals surface area (Å²) in [7, 11) is 4.30. The van der Waals surface area contributed by atoms with E-state index >= 15 is 0 Å². The Morgan fingerprint density at radius 2 is 2.24 bits per heavy atom. The lowest BCUT2D eigenvalue weighted by molar-refractivity contribution is 0.313. The highest BCUT2D eigenvalue weighted by Crippen LogP contribution is 2.18. The summed E-state index contributed by atoms with van der Waals surface area (Å²) in [5.41, 5.74) is 2.25. The number of nitrogens with one attached hydrogen (secondary N) is 1. The zero-order chi connectivity index (χ0) is 15.4. The molecule has 1 aliphatic rings. The van der Waals surface area contributed by atoms with Crippen LogP contribution < -0.4 is 10.2 Å². The normalized spacial score (nSPS) is 19.4. The first kappa shape index (κ1) is 16.2. The van der Waals surface area contributed by atoms with Crippen LogP contribution in [0.1, 0.15) is 37.9 Å². The SMILES string of the molecule is Cc1nc(N(C)CC2CCCN2C)ncc1CNC(C)C. The van der Waals surface area contributed by atoms with Crippen molar-refractivity contribution >= 4 is 5.95 Å². The smallest absolute Gasteiger partial charge is 0.225 e. The minimum Gasteiger partial charge on any atom is -0.342 e. The van der Waals surface area contributed by atoms with E-state index in [-0.39, 0.29) is 0 Å². The standard InChI is InChI=1S/C16H29N5/c1-12(2)17-9-14-10-18-16(19-13(14)3)21(5)11-15-7-6-8-20(15)4/h10,12,15,17H,6-9,11H2,1-5H3. The molecule has 1 N–H and O–H groups in total. The number of aromatic nitrogens is 2. The Kier molecular flexibility index (Phi) is 5.53. The second-order valence-electron chi connectivity index (χ2n) is 6.47. The lowest BCUT2D eigenvalue weighted by atomic mass is 10.2. The number of rotatable bonds is 6. The third-order valence-corrected chi connectivity index (χ3v) is 4.27. The van der Waals surface area contributed by atoms with Gasteiger partial charge in [0.25, 0.3) is 0 Å². The van der Waals surface area contributed by atoms with Crippen LogP contribution in [0, 0.1) is 6.92 Å². The second-order valence-corrected chi connectivity index (χ2v) is 6.47. The molecule has 118 valence electrons. The minimum atomic E-state index is 0.477. The van der Waals surface area contributed by atoms with Crippen molar-refractivity contribution in [1.29, 1.82) is 0 Å². The molecule has 1 aromatic rings. The van der Waals surface area contributed by atoms with Gasteiger partial charge in [0.15, 0.2) is 0 Å². The van der Waals surface area contributed by atoms with E-state index in [0.29, 0.717) is 12.1 Å². The summed E-state index contributed by atoms with van der Waals surface area (Å²) in [5, 5.41) is 3.42. The summed E-state index contributed by atoms with van der Waals surface area (Å²) in [6.45, 7) is 9.40. The van der Waals surface area contributed by atoms with Gasteiger partial charge in [-0.25, -0.2) is 9.97 Å². The van der Waals surface area contributed by atoms with Crippen LogP contribution in [0.2, 0.25) is 0 Å². The van der Waals surface area contributed by atoms with E-state index in [0.717, 1.165) is 24.7 Å². The molecule has 0 aliphatic carbocycles. The molecule has 0 aromatic carbocycles. The Balaban J connectivity index is 1.98. The molecule has 5 heteroatoms. The van der Waals surface area contributed by atoms with Crippen molar-refractivity contribution in [3.8, 4) is 0 Å². The molecule has 0 spiro atoms. The van der Waals surface area contributed by atoms with E-state index in [1.54, 1.807) is 0 Å². The average molecular weight is 291 g/mol. The molecule has 5 nitrogen and oxygen atoms in total. The lowest BCUT2D eigenvalue weighted by Gasteiger charge is -2.26. The summed E-state index contributed by atoms with van der Waals surface area (Å²) in [6, 6.07) is 1.10. The van der Waals surface area contributed by atoms with Gasteiger partial charge in [-0.2, -0.15) is 0 Å². The first-order chi connectivity index (χ1) is 9.97. The molecule has 0 amide bonds. The average Bonchev–Trinajstić information content (AvgIpc) is 2.82. The highest BCUT2D eigenvalue weighted by atomic mass is 15.3. The van der Waals surface area contributed by atoms with Crippen molar-refractivity contribution in [3.63, 3.8) is 0 Å². The summed E-state index contributed by atoms with van der Waals surface area (Å²) < 4.78 is 0. The van der Waals surface area contributed by atoms with Crippen LogP contribution >= 0.6 is 0 Å². The number of aryl methyl sites for hydroxylation is 1. The number of nitrogens with zero attached hydrogens (tertiary/aromatic N) is 4. The molecular formula is C16H29N5. The van der Waals surface area contributed by atoms with Crippen LogP contribution in [-0.4, -0.2) is 54.1 Å². The molecule has 0 bridgehead atoms. The maximum atomic E-state index is 4.67. The van der Waals surface area contributed by atoms with Gasteiger partial charge in [0.1, 0.15) is 0 Å². The summed E-state index contributed by atoms with van der Waals surface area (Å²) in [4.78, 5) is 13.8. The van der Waals surface area contributed by atoms with E-state index in [4.69, 9.17) is 0 Å². The van der Waals surface area contributed by atoms with E-state index < -0.39 is 0 Å². The summed E-state index contributed by atoms with van der Waals surface area (Å²) >= 11 is 0. The first-order valence-electron chi connectivity index (χ1n) is 7.94. The van der Waals surface area contributed by atoms with Gasteiger partial charge < -0.3 is 15.1 Å². The highest BCUT2D eigenvalue weighted by Gasteiger charge is 2.23. The van der Waals surface area contributed by atoms with Crippen molar-refractivity contribution < 1.29 is 0 Å². The predicted octanol–water partition coefficient (Wildman–Crippen LogP) is 1.81. The van der Waals surface area contributed by atoms with Crippen LogP contribution in [0.3, 0.4) is 0 Å². The van der Waals surface area contributed by atoms with E-state index in [2.05, 4.69) is 60.0 Å². The molecule has 1 unspecified atom stereocenters. The topological polar surface area (TPSA) is 44.3 Å². The van der Waals surface area contributed by atoms with Crippen LogP contribution in [0.25, 0.3) is 0 Å². The Hall–Kier alpha value is -1.20. The molecule has 1 fully saturated rings. The monoisotopic (exact) mass is 291 g/mol. The lowest BCUT2D eigenvalue weighted by Crippen LogP contribution is -2.37. The zero-order valence-electron chi connectivity index (χ0n) is 14.1. The van der Waals surface area contributed by atoms with Crippen molar-refractivity contribution in [2.75, 3.05) is 32.1 Å². The number of anilines is 1. The molecular weight excluding hydrogens is 262 g/mol. The van der Waals surface area contributed by atoms with Gasteiger partial charge in [0.2, 0.25) is 5.95 Å². The molecule has 1 aromatic heterocycles. The molecule has 2 heterocycles. The number of hydrogen-bond acceptors (Lipinski definition) is 5. The Bertz CT molecular complexity index is 460. The largest absolute Gasteiger partial charge is 0.342 e. The maximum absolute atomic E-state index is 4.67. The van der Waals surface area contributed by atoms with Crippen LogP contribution in [-0.2, 0) is 6.54 Å². The van der Waals surface area contributed by atoms with Gasteiger partial charge in [-0.3, -0.25) is 0 Å². The second kappa shape index (κ2) is 7.18. The van der Waals surface area contributed by atoms with Crippen molar-refractivity contribution in [2.24, 2.45) is 0 Å². The minimum absolute atomic E-state index is 0.477. The van der Waals surface area contributed by atoms with Gasteiger partial charge in [0.05, 0.1) is 0 Å². The van der Waals surface area contributed by atoms with Gasteiger partial charge in [-0.1, -0.05) is 13.8 Å². The zero-order valence-corrected chi connectivity index (χ0v) is 14.1. The fourth-order valence-electron chi connectivity index (χ4n) is 2.76. The summed E-state index contributed by atoms with van der Waals surface area (Å²) in [5.74, 6) is 0.834. The molecule has 1 aliphatic heterocycles. The van der Waals surface area contributed by atoms with Crippen LogP contribution in [0.4, 0.5) is 5.95 Å². The maximum Gasteiger partial charge on any atom is 0.225 e. The van der Waals surface area contributed by atoms with Gasteiger partial charge >= 0.3 is 0 Å². The van der Waals surface area contributed by atoms with Gasteiger partial charge in [-0.05, 0) is 33.4 Å². The molecule has 21 heavy (non-hydrogen) atoms. The predicted molar refractivity (Wildman–Crippen MR) is 87.7 cm³/mol. The number of hydrogen-bond donors (Lipinski definition) is 1. The molecule has 1 saturated heterocycles. The fourth-order valence-corrected chi connectivity index (χ4v) is 2.76. The summed E-state index contributed by atoms with van der Waals surface area (Å²) in [6.07, 6.45) is 4.53. The van der Waals surface area contributed by atoms with E-state index in [1.165, 1.54) is 24.9 Å². The van der Waals surface area contributed by atoms with Gasteiger partial charge in [-0.15, -0.1) is 0 Å². The van der Waals surface area contributed by atoms with Crippen molar-refractivity contribution in [2.45, 2.75) is 52.2 Å². The molecule has 0 saturated carbocycles. The Labute approximate surface area is 128 Å². The van der Waals surface area contributed by atoms with Crippen LogP contribution in [0.15, 0.2) is 6.20 Å². The van der Waals surface area contributed by atoms with Crippen molar-refractivity contribution in [3.05, 3.63) is 17.5 Å². The van der Waals surface area contributed by atoms with E-state index in [9.17, 15) is 0 Å². The number of likely N-dealkylation sites (N-methyl/N-ethyl adjacent to an activating group) is 2. The highest BCUT2D eigenvalue weighted by molar-refractivity contribution is 5.32. The quantitative estimate of drug-likeness (QED) is 0.866. The van der Waals surface area contributed by atoms with E-state index in [1.807, 2.05) is 6.20 Å². The molecule has 2 rings (SSSR count). The van der Waals surface area contributed by atoms with Crippen molar-refractivity contribution in [1.82, 2.24) is 20.2 Å².